The highest BCUT2D eigenvalue weighted by molar-refractivity contribution is 5.99. The zero-order valence-corrected chi connectivity index (χ0v) is 21.7. The molecule has 0 spiro atoms. The Kier molecular flexibility index (Phi) is 12.5. The van der Waals surface area contributed by atoms with Gasteiger partial charge in [0.05, 0.1) is 24.8 Å². The minimum absolute atomic E-state index is 0.217. The number of amides is 3. The minimum Gasteiger partial charge on any atom is -0.492 e. The van der Waals surface area contributed by atoms with Gasteiger partial charge in [0.15, 0.2) is 0 Å². The first-order valence-corrected chi connectivity index (χ1v) is 12.6. The molecule has 3 amide bonds. The summed E-state index contributed by atoms with van der Waals surface area (Å²) >= 11 is 0. The Morgan fingerprint density at radius 1 is 1.00 bits per heavy atom. The number of hydrogen-bond acceptors (Lipinski definition) is 7. The van der Waals surface area contributed by atoms with Crippen LogP contribution in [-0.2, 0) is 20.8 Å². The van der Waals surface area contributed by atoms with Crippen LogP contribution in [0.3, 0.4) is 0 Å². The number of nitrogens with two attached hydrogens (primary N) is 3. The van der Waals surface area contributed by atoms with Gasteiger partial charge in [-0.25, -0.2) is 0 Å². The molecule has 0 aliphatic rings. The molecule has 37 heavy (non-hydrogen) atoms. The standard InChI is InChI=1S/C27H40N6O4/c1-3-37-24-12-9-19(2)17-23(24)32-27(36)22(11-10-20-7-5-4-6-8-20)31-26(35)21(30)18-25(34)33(15-13-28)16-14-29/h4-9,12,17,21-22H,3,10-11,13-16,18,28-30H2,1-2H3,(H,31,35)(H,32,36)/t21-,22-/m0/s1. The Balaban J connectivity index is 2.15. The highest BCUT2D eigenvalue weighted by Crippen LogP contribution is 2.26. The minimum atomic E-state index is -1.13. The van der Waals surface area contributed by atoms with E-state index >= 15 is 0 Å². The number of nitrogens with one attached hydrogen (secondary N) is 2. The molecule has 0 unspecified atom stereocenters. The quantitative estimate of drug-likeness (QED) is 0.236. The van der Waals surface area contributed by atoms with Gasteiger partial charge < -0.3 is 37.5 Å². The molecule has 0 aliphatic carbocycles. The van der Waals surface area contributed by atoms with E-state index in [1.807, 2.05) is 56.3 Å². The highest BCUT2D eigenvalue weighted by atomic mass is 16.5. The summed E-state index contributed by atoms with van der Waals surface area (Å²) in [5.41, 5.74) is 19.7. The van der Waals surface area contributed by atoms with Gasteiger partial charge in [-0.15, -0.1) is 0 Å². The van der Waals surface area contributed by atoms with Gasteiger partial charge in [-0.3, -0.25) is 14.4 Å². The molecule has 2 atom stereocenters. The summed E-state index contributed by atoms with van der Waals surface area (Å²) in [4.78, 5) is 40.4. The molecule has 2 rings (SSSR count). The Labute approximate surface area is 218 Å². The number of rotatable bonds is 15. The van der Waals surface area contributed by atoms with Crippen LogP contribution in [-0.4, -0.2) is 67.5 Å². The number of benzene rings is 2. The van der Waals surface area contributed by atoms with Crippen molar-refractivity contribution in [2.24, 2.45) is 17.2 Å². The molecule has 0 aromatic heterocycles. The van der Waals surface area contributed by atoms with Gasteiger partial charge in [-0.05, 0) is 49.9 Å². The van der Waals surface area contributed by atoms with Gasteiger partial charge in [0.25, 0.3) is 0 Å². The molecule has 10 nitrogen and oxygen atoms in total. The smallest absolute Gasteiger partial charge is 0.247 e. The summed E-state index contributed by atoms with van der Waals surface area (Å²) < 4.78 is 5.65. The number of anilines is 1. The molecule has 0 fully saturated rings. The number of carbonyl (C=O) groups is 3. The zero-order chi connectivity index (χ0) is 27.2. The zero-order valence-electron chi connectivity index (χ0n) is 21.7. The van der Waals surface area contributed by atoms with Crippen LogP contribution >= 0.6 is 0 Å². The van der Waals surface area contributed by atoms with E-state index in [1.54, 1.807) is 6.07 Å². The summed E-state index contributed by atoms with van der Waals surface area (Å²) in [6.45, 7) is 5.41. The van der Waals surface area contributed by atoms with E-state index in [4.69, 9.17) is 21.9 Å². The van der Waals surface area contributed by atoms with Gasteiger partial charge in [-0.1, -0.05) is 36.4 Å². The molecule has 2 aromatic rings. The van der Waals surface area contributed by atoms with Crippen LogP contribution in [0.4, 0.5) is 5.69 Å². The lowest BCUT2D eigenvalue weighted by Crippen LogP contribution is -2.52. The van der Waals surface area contributed by atoms with Crippen LogP contribution in [0.2, 0.25) is 0 Å². The maximum absolute atomic E-state index is 13.3. The average molecular weight is 513 g/mol. The first kappa shape index (κ1) is 29.8. The van der Waals surface area contributed by atoms with E-state index in [0.29, 0.717) is 44.0 Å². The normalized spacial score (nSPS) is 12.4. The molecular weight excluding hydrogens is 472 g/mol. The predicted molar refractivity (Wildman–Crippen MR) is 145 cm³/mol. The molecule has 202 valence electrons. The van der Waals surface area contributed by atoms with Crippen molar-refractivity contribution in [3.05, 3.63) is 59.7 Å². The third-order valence-corrected chi connectivity index (χ3v) is 5.77. The van der Waals surface area contributed by atoms with Crippen molar-refractivity contribution in [3.63, 3.8) is 0 Å². The van der Waals surface area contributed by atoms with Crippen LogP contribution < -0.4 is 32.6 Å². The topological polar surface area (TPSA) is 166 Å². The van der Waals surface area contributed by atoms with E-state index in [0.717, 1.165) is 11.1 Å². The molecule has 2 aromatic carbocycles. The summed E-state index contributed by atoms with van der Waals surface area (Å²) in [5.74, 6) is -0.764. The van der Waals surface area contributed by atoms with Gasteiger partial charge in [0.2, 0.25) is 17.7 Å². The second kappa shape index (κ2) is 15.6. The first-order chi connectivity index (χ1) is 17.8. The van der Waals surface area contributed by atoms with Crippen molar-refractivity contribution in [2.45, 2.75) is 45.2 Å². The maximum Gasteiger partial charge on any atom is 0.247 e. The van der Waals surface area contributed by atoms with Crippen LogP contribution in [0, 0.1) is 6.92 Å². The fraction of sp³-hybridized carbons (Fsp3) is 0.444. The third kappa shape index (κ3) is 9.83. The molecule has 10 heteroatoms. The van der Waals surface area contributed by atoms with Crippen molar-refractivity contribution in [1.29, 1.82) is 0 Å². The van der Waals surface area contributed by atoms with Gasteiger partial charge in [0.1, 0.15) is 11.8 Å². The van der Waals surface area contributed by atoms with Crippen LogP contribution in [0.1, 0.15) is 30.9 Å². The van der Waals surface area contributed by atoms with Gasteiger partial charge in [0, 0.05) is 26.2 Å². The fourth-order valence-electron chi connectivity index (χ4n) is 3.83. The van der Waals surface area contributed by atoms with Crippen molar-refractivity contribution < 1.29 is 19.1 Å². The largest absolute Gasteiger partial charge is 0.492 e. The lowest BCUT2D eigenvalue weighted by molar-refractivity contribution is -0.134. The van der Waals surface area contributed by atoms with Crippen molar-refractivity contribution in [3.8, 4) is 5.75 Å². The molecule has 0 heterocycles. The van der Waals surface area contributed by atoms with Crippen molar-refractivity contribution >= 4 is 23.4 Å². The number of nitrogens with zero attached hydrogens (tertiary/aromatic N) is 1. The summed E-state index contributed by atoms with van der Waals surface area (Å²) in [6.07, 6.45) is 0.677. The number of hydrogen-bond donors (Lipinski definition) is 5. The first-order valence-electron chi connectivity index (χ1n) is 12.6. The Morgan fingerprint density at radius 3 is 2.30 bits per heavy atom. The Hall–Kier alpha value is -3.47. The van der Waals surface area contributed by atoms with E-state index in [1.165, 1.54) is 4.90 Å². The van der Waals surface area contributed by atoms with Gasteiger partial charge >= 0.3 is 0 Å². The van der Waals surface area contributed by atoms with Crippen LogP contribution in [0.15, 0.2) is 48.5 Å². The van der Waals surface area contributed by atoms with Gasteiger partial charge in [-0.2, -0.15) is 0 Å². The van der Waals surface area contributed by atoms with Crippen LogP contribution in [0.5, 0.6) is 5.75 Å². The lowest BCUT2D eigenvalue weighted by atomic mass is 10.0. The predicted octanol–water partition coefficient (Wildman–Crippen LogP) is 0.913. The average Bonchev–Trinajstić information content (AvgIpc) is 2.88. The van der Waals surface area contributed by atoms with E-state index in [2.05, 4.69) is 10.6 Å². The molecule has 8 N–H and O–H groups in total. The van der Waals surface area contributed by atoms with E-state index < -0.39 is 23.9 Å². The molecule has 0 bridgehead atoms. The summed E-state index contributed by atoms with van der Waals surface area (Å²) in [5, 5.41) is 5.63. The summed E-state index contributed by atoms with van der Waals surface area (Å²) in [7, 11) is 0. The maximum atomic E-state index is 13.3. The molecule has 0 saturated carbocycles. The fourth-order valence-corrected chi connectivity index (χ4v) is 3.83. The SMILES string of the molecule is CCOc1ccc(C)cc1NC(=O)[C@H](CCc1ccccc1)NC(=O)[C@@H](N)CC(=O)N(CCN)CCN. The second-order valence-electron chi connectivity index (χ2n) is 8.78. The van der Waals surface area contributed by atoms with Crippen molar-refractivity contribution in [1.82, 2.24) is 10.2 Å². The van der Waals surface area contributed by atoms with Crippen molar-refractivity contribution in [2.75, 3.05) is 38.1 Å². The second-order valence-corrected chi connectivity index (χ2v) is 8.78. The molecule has 0 radical (unpaired) electrons. The Morgan fingerprint density at radius 2 is 1.68 bits per heavy atom. The van der Waals surface area contributed by atoms with E-state index in [-0.39, 0.29) is 25.4 Å². The summed E-state index contributed by atoms with van der Waals surface area (Å²) in [6, 6.07) is 13.1. The monoisotopic (exact) mass is 512 g/mol. The van der Waals surface area contributed by atoms with E-state index in [9.17, 15) is 14.4 Å². The number of carbonyl (C=O) groups excluding carboxylic acids is 3. The molecule has 0 saturated heterocycles. The van der Waals surface area contributed by atoms with Crippen LogP contribution in [0.25, 0.3) is 0 Å². The number of ether oxygens (including phenoxy) is 1. The molecular formula is C27H40N6O4. The third-order valence-electron chi connectivity index (χ3n) is 5.77. The highest BCUT2D eigenvalue weighted by Gasteiger charge is 2.27. The number of aryl methyl sites for hydroxylation is 2. The Bertz CT molecular complexity index is 1010. The lowest BCUT2D eigenvalue weighted by Gasteiger charge is -2.24. The molecule has 0 aliphatic heterocycles.